The minimum absolute atomic E-state index is 0.183. The zero-order chi connectivity index (χ0) is 21.9. The lowest BCUT2D eigenvalue weighted by atomic mass is 10.0. The Morgan fingerprint density at radius 2 is 1.57 bits per heavy atom. The number of hydrogen-bond donors (Lipinski definition) is 1. The molecule has 1 heterocycles. The molecule has 0 aliphatic carbocycles. The molecule has 2 aromatic carbocycles. The number of nitrogens with one attached hydrogen (secondary N) is 1. The van der Waals surface area contributed by atoms with Gasteiger partial charge >= 0.3 is 0 Å². The molecule has 0 aromatic heterocycles. The number of anilines is 1. The number of halogens is 1. The molecule has 0 amide bonds. The van der Waals surface area contributed by atoms with Crippen molar-refractivity contribution in [3.8, 4) is 0 Å². The van der Waals surface area contributed by atoms with Crippen molar-refractivity contribution in [2.45, 2.75) is 39.0 Å². The zero-order valence-corrected chi connectivity index (χ0v) is 19.2. The van der Waals surface area contributed by atoms with Crippen LogP contribution >= 0.6 is 0 Å². The van der Waals surface area contributed by atoms with Gasteiger partial charge in [0.2, 0.25) is 10.0 Å². The number of rotatable bonds is 7. The third-order valence-electron chi connectivity index (χ3n) is 6.07. The SMILES string of the molecule is Cc1cc(C)c(C)c(S(=O)(=O)NCCCN2CCN(c3ccccc3F)CC2)c1C. The molecule has 1 fully saturated rings. The summed E-state index contributed by atoms with van der Waals surface area (Å²) in [4.78, 5) is 4.79. The lowest BCUT2D eigenvalue weighted by Gasteiger charge is -2.36. The number of nitrogens with zero attached hydrogens (tertiary/aromatic N) is 2. The van der Waals surface area contributed by atoms with Crippen LogP contribution in [0.2, 0.25) is 0 Å². The number of piperazine rings is 1. The summed E-state index contributed by atoms with van der Waals surface area (Å²) in [7, 11) is -3.54. The van der Waals surface area contributed by atoms with Gasteiger partial charge in [-0.3, -0.25) is 4.90 Å². The number of para-hydroxylation sites is 1. The van der Waals surface area contributed by atoms with Gasteiger partial charge in [-0.15, -0.1) is 0 Å². The molecule has 1 saturated heterocycles. The molecule has 0 bridgehead atoms. The molecule has 0 spiro atoms. The summed E-state index contributed by atoms with van der Waals surface area (Å²) >= 11 is 0. The predicted molar refractivity (Wildman–Crippen MR) is 120 cm³/mol. The van der Waals surface area contributed by atoms with E-state index < -0.39 is 10.0 Å². The van der Waals surface area contributed by atoms with Crippen LogP contribution in [-0.4, -0.2) is 52.6 Å². The molecule has 164 valence electrons. The average Bonchev–Trinajstić information content (AvgIpc) is 2.71. The highest BCUT2D eigenvalue weighted by Gasteiger charge is 2.22. The van der Waals surface area contributed by atoms with Crippen LogP contribution in [0.1, 0.15) is 28.7 Å². The third kappa shape index (κ3) is 5.02. The first-order valence-corrected chi connectivity index (χ1v) is 12.0. The molecule has 1 aliphatic heterocycles. The van der Waals surface area contributed by atoms with Crippen LogP contribution < -0.4 is 9.62 Å². The highest BCUT2D eigenvalue weighted by molar-refractivity contribution is 7.89. The molecule has 1 N–H and O–H groups in total. The normalized spacial score (nSPS) is 15.6. The van der Waals surface area contributed by atoms with E-state index in [0.717, 1.165) is 61.4 Å². The van der Waals surface area contributed by atoms with Crippen molar-refractivity contribution in [1.29, 1.82) is 0 Å². The Morgan fingerprint density at radius 3 is 2.17 bits per heavy atom. The first-order chi connectivity index (χ1) is 14.2. The predicted octanol–water partition coefficient (Wildman–Crippen LogP) is 3.55. The zero-order valence-electron chi connectivity index (χ0n) is 18.3. The van der Waals surface area contributed by atoms with Gasteiger partial charge in [-0.25, -0.2) is 17.5 Å². The van der Waals surface area contributed by atoms with Crippen LogP contribution in [0.15, 0.2) is 35.2 Å². The first kappa shape index (κ1) is 22.7. The Labute approximate surface area is 179 Å². The molecule has 3 rings (SSSR count). The maximum absolute atomic E-state index is 14.0. The van der Waals surface area contributed by atoms with E-state index >= 15 is 0 Å². The number of benzene rings is 2. The van der Waals surface area contributed by atoms with E-state index in [-0.39, 0.29) is 5.82 Å². The molecule has 0 unspecified atom stereocenters. The van der Waals surface area contributed by atoms with Gasteiger partial charge in [0.05, 0.1) is 10.6 Å². The maximum atomic E-state index is 14.0. The molecule has 0 saturated carbocycles. The smallest absolute Gasteiger partial charge is 0.241 e. The van der Waals surface area contributed by atoms with Crippen molar-refractivity contribution in [3.05, 3.63) is 58.4 Å². The van der Waals surface area contributed by atoms with Crippen LogP contribution in [0.4, 0.5) is 10.1 Å². The fourth-order valence-electron chi connectivity index (χ4n) is 4.09. The van der Waals surface area contributed by atoms with E-state index in [4.69, 9.17) is 0 Å². The van der Waals surface area contributed by atoms with E-state index in [0.29, 0.717) is 17.1 Å². The Balaban J connectivity index is 1.50. The second-order valence-corrected chi connectivity index (χ2v) is 9.82. The molecular weight excluding hydrogens is 401 g/mol. The lowest BCUT2D eigenvalue weighted by Crippen LogP contribution is -2.47. The summed E-state index contributed by atoms with van der Waals surface area (Å²) in [5.74, 6) is -0.183. The molecule has 0 atom stereocenters. The van der Waals surface area contributed by atoms with Crippen LogP contribution in [-0.2, 0) is 10.0 Å². The highest BCUT2D eigenvalue weighted by atomic mass is 32.2. The van der Waals surface area contributed by atoms with Crippen molar-refractivity contribution >= 4 is 15.7 Å². The van der Waals surface area contributed by atoms with Gasteiger partial charge in [-0.1, -0.05) is 18.2 Å². The second kappa shape index (κ2) is 9.45. The third-order valence-corrected chi connectivity index (χ3v) is 7.81. The molecule has 0 radical (unpaired) electrons. The minimum atomic E-state index is -3.54. The summed E-state index contributed by atoms with van der Waals surface area (Å²) in [6.07, 6.45) is 0.738. The van der Waals surface area contributed by atoms with Gasteiger partial charge in [0.25, 0.3) is 0 Å². The highest BCUT2D eigenvalue weighted by Crippen LogP contribution is 2.26. The summed E-state index contributed by atoms with van der Waals surface area (Å²) in [6, 6.07) is 8.90. The van der Waals surface area contributed by atoms with Crippen molar-refractivity contribution < 1.29 is 12.8 Å². The topological polar surface area (TPSA) is 52.7 Å². The van der Waals surface area contributed by atoms with E-state index in [1.807, 2.05) is 45.9 Å². The molecule has 2 aromatic rings. The second-order valence-electron chi connectivity index (χ2n) is 8.12. The fraction of sp³-hybridized carbons (Fsp3) is 0.478. The molecular formula is C23H32FN3O2S. The van der Waals surface area contributed by atoms with Crippen molar-refractivity contribution in [3.63, 3.8) is 0 Å². The maximum Gasteiger partial charge on any atom is 0.241 e. The van der Waals surface area contributed by atoms with Gasteiger partial charge < -0.3 is 4.90 Å². The fourth-order valence-corrected chi connectivity index (χ4v) is 5.77. The van der Waals surface area contributed by atoms with Crippen LogP contribution in [0, 0.1) is 33.5 Å². The Morgan fingerprint density at radius 1 is 0.967 bits per heavy atom. The summed E-state index contributed by atoms with van der Waals surface area (Å²) in [5, 5.41) is 0. The summed E-state index contributed by atoms with van der Waals surface area (Å²) in [6.45, 7) is 12.1. The van der Waals surface area contributed by atoms with Crippen molar-refractivity contribution in [2.24, 2.45) is 0 Å². The molecule has 30 heavy (non-hydrogen) atoms. The van der Waals surface area contributed by atoms with E-state index in [2.05, 4.69) is 14.5 Å². The van der Waals surface area contributed by atoms with Gasteiger partial charge in [0.1, 0.15) is 5.82 Å². The molecule has 1 aliphatic rings. The Hall–Kier alpha value is -1.96. The monoisotopic (exact) mass is 433 g/mol. The first-order valence-electron chi connectivity index (χ1n) is 10.5. The molecule has 5 nitrogen and oxygen atoms in total. The summed E-state index contributed by atoms with van der Waals surface area (Å²) in [5.41, 5.74) is 4.27. The lowest BCUT2D eigenvalue weighted by molar-refractivity contribution is 0.255. The number of hydrogen-bond acceptors (Lipinski definition) is 4. The van der Waals surface area contributed by atoms with Crippen LogP contribution in [0.3, 0.4) is 0 Å². The Bertz CT molecular complexity index is 973. The van der Waals surface area contributed by atoms with Gasteiger partial charge in [-0.2, -0.15) is 0 Å². The summed E-state index contributed by atoms with van der Waals surface area (Å²) < 4.78 is 42.5. The van der Waals surface area contributed by atoms with Gasteiger partial charge in [0.15, 0.2) is 0 Å². The van der Waals surface area contributed by atoms with E-state index in [1.54, 1.807) is 6.07 Å². The largest absolute Gasteiger partial charge is 0.367 e. The standard InChI is InChI=1S/C23H32FN3O2S/c1-17-16-18(2)20(4)23(19(17)3)30(28,29)25-10-7-11-26-12-14-27(15-13-26)22-9-6-5-8-21(22)24/h5-6,8-9,16,25H,7,10-15H2,1-4H3. The minimum Gasteiger partial charge on any atom is -0.367 e. The Kier molecular flexibility index (Phi) is 7.16. The van der Waals surface area contributed by atoms with E-state index in [1.165, 1.54) is 6.07 Å². The van der Waals surface area contributed by atoms with Crippen LogP contribution in [0.5, 0.6) is 0 Å². The number of aryl methyl sites for hydroxylation is 2. The number of sulfonamides is 1. The van der Waals surface area contributed by atoms with Gasteiger partial charge in [-0.05, 0) is 75.0 Å². The van der Waals surface area contributed by atoms with Gasteiger partial charge in [0, 0.05) is 32.7 Å². The van der Waals surface area contributed by atoms with Crippen molar-refractivity contribution in [2.75, 3.05) is 44.2 Å². The van der Waals surface area contributed by atoms with E-state index in [9.17, 15) is 12.8 Å². The average molecular weight is 434 g/mol. The van der Waals surface area contributed by atoms with Crippen molar-refractivity contribution in [1.82, 2.24) is 9.62 Å². The molecule has 7 heteroatoms. The van der Waals surface area contributed by atoms with Crippen LogP contribution in [0.25, 0.3) is 0 Å². The quantitative estimate of drug-likeness (QED) is 0.679.